The number of aromatic nitrogens is 1. The SMILES string of the molecule is NC(Cc1cc(=O)[nH]c2ccccc12)C(=O)O.O=S(=O)(O)O. The molecule has 22 heavy (non-hydrogen) atoms. The van der Waals surface area contributed by atoms with E-state index in [0.717, 1.165) is 5.39 Å². The van der Waals surface area contributed by atoms with Crippen LogP contribution in [0.15, 0.2) is 35.1 Å². The molecule has 2 aromatic rings. The predicted molar refractivity (Wildman–Crippen MR) is 78.1 cm³/mol. The number of fused-ring (bicyclic) bond motifs is 1. The lowest BCUT2D eigenvalue weighted by molar-refractivity contribution is -0.138. The topological polar surface area (TPSA) is 171 Å². The molecule has 0 aliphatic rings. The van der Waals surface area contributed by atoms with E-state index < -0.39 is 22.4 Å². The van der Waals surface area contributed by atoms with Gasteiger partial charge in [0.25, 0.3) is 0 Å². The lowest BCUT2D eigenvalue weighted by atomic mass is 10.0. The van der Waals surface area contributed by atoms with Crippen molar-refractivity contribution < 1.29 is 27.4 Å². The minimum atomic E-state index is -4.67. The second kappa shape index (κ2) is 7.13. The van der Waals surface area contributed by atoms with Crippen molar-refractivity contribution in [2.45, 2.75) is 12.5 Å². The first-order valence-corrected chi connectivity index (χ1v) is 7.27. The molecule has 1 aromatic heterocycles. The van der Waals surface area contributed by atoms with Crippen molar-refractivity contribution in [3.63, 3.8) is 0 Å². The van der Waals surface area contributed by atoms with Crippen LogP contribution >= 0.6 is 0 Å². The van der Waals surface area contributed by atoms with Gasteiger partial charge in [-0.1, -0.05) is 18.2 Å². The lowest BCUT2D eigenvalue weighted by Gasteiger charge is -2.09. The van der Waals surface area contributed by atoms with Gasteiger partial charge in [-0.05, 0) is 18.1 Å². The summed E-state index contributed by atoms with van der Waals surface area (Å²) in [7, 11) is -4.67. The van der Waals surface area contributed by atoms with E-state index in [1.807, 2.05) is 12.1 Å². The molecule has 1 aromatic carbocycles. The summed E-state index contributed by atoms with van der Waals surface area (Å²) in [5.41, 5.74) is 6.56. The van der Waals surface area contributed by atoms with Gasteiger partial charge in [0.2, 0.25) is 5.56 Å². The van der Waals surface area contributed by atoms with Crippen LogP contribution in [0.5, 0.6) is 0 Å². The third-order valence-corrected chi connectivity index (χ3v) is 2.59. The number of carboxylic acids is 1. The summed E-state index contributed by atoms with van der Waals surface area (Å²) in [6.45, 7) is 0. The molecule has 0 amide bonds. The largest absolute Gasteiger partial charge is 0.480 e. The van der Waals surface area contributed by atoms with E-state index in [-0.39, 0.29) is 12.0 Å². The van der Waals surface area contributed by atoms with Gasteiger partial charge in [0, 0.05) is 17.0 Å². The molecule has 0 aliphatic heterocycles. The molecule has 0 spiro atoms. The Morgan fingerprint density at radius 2 is 1.82 bits per heavy atom. The zero-order valence-corrected chi connectivity index (χ0v) is 11.9. The van der Waals surface area contributed by atoms with Crippen LogP contribution in [0.2, 0.25) is 0 Å². The molecule has 1 unspecified atom stereocenters. The zero-order chi connectivity index (χ0) is 16.9. The van der Waals surface area contributed by atoms with E-state index in [0.29, 0.717) is 11.1 Å². The molecule has 0 aliphatic carbocycles. The van der Waals surface area contributed by atoms with Gasteiger partial charge in [-0.2, -0.15) is 8.42 Å². The van der Waals surface area contributed by atoms with Gasteiger partial charge < -0.3 is 15.8 Å². The van der Waals surface area contributed by atoms with Gasteiger partial charge in [0.1, 0.15) is 6.04 Å². The molecule has 0 radical (unpaired) electrons. The molecule has 2 rings (SSSR count). The number of aliphatic carboxylic acids is 1. The molecule has 0 saturated carbocycles. The molecule has 120 valence electrons. The summed E-state index contributed by atoms with van der Waals surface area (Å²) < 4.78 is 31.6. The van der Waals surface area contributed by atoms with E-state index in [9.17, 15) is 9.59 Å². The fraction of sp³-hybridized carbons (Fsp3) is 0.167. The minimum Gasteiger partial charge on any atom is -0.480 e. The van der Waals surface area contributed by atoms with Crippen molar-refractivity contribution in [2.24, 2.45) is 5.73 Å². The fourth-order valence-electron chi connectivity index (χ4n) is 1.77. The van der Waals surface area contributed by atoms with Crippen LogP contribution in [0.25, 0.3) is 10.9 Å². The molecule has 1 atom stereocenters. The Morgan fingerprint density at radius 3 is 2.36 bits per heavy atom. The molecule has 9 nitrogen and oxygen atoms in total. The third-order valence-electron chi connectivity index (χ3n) is 2.59. The smallest absolute Gasteiger partial charge is 0.394 e. The number of carboxylic acid groups (broad SMARTS) is 1. The number of nitrogens with one attached hydrogen (secondary N) is 1. The number of hydrogen-bond acceptors (Lipinski definition) is 5. The number of carbonyl (C=O) groups is 1. The highest BCUT2D eigenvalue weighted by molar-refractivity contribution is 7.79. The minimum absolute atomic E-state index is 0.139. The van der Waals surface area contributed by atoms with E-state index in [2.05, 4.69) is 4.98 Å². The van der Waals surface area contributed by atoms with Gasteiger partial charge in [-0.25, -0.2) is 0 Å². The number of benzene rings is 1. The molecular formula is C12H14N2O7S. The van der Waals surface area contributed by atoms with Gasteiger partial charge in [0.15, 0.2) is 0 Å². The van der Waals surface area contributed by atoms with Crippen LogP contribution in [0.4, 0.5) is 0 Å². The molecule has 0 saturated heterocycles. The Labute approximate surface area is 125 Å². The van der Waals surface area contributed by atoms with Crippen LogP contribution in [0.1, 0.15) is 5.56 Å². The van der Waals surface area contributed by atoms with Crippen LogP contribution < -0.4 is 11.3 Å². The van der Waals surface area contributed by atoms with Crippen molar-refractivity contribution in [3.05, 3.63) is 46.2 Å². The Kier molecular flexibility index (Phi) is 5.77. The average molecular weight is 330 g/mol. The number of para-hydroxylation sites is 1. The number of aromatic amines is 1. The highest BCUT2D eigenvalue weighted by atomic mass is 32.3. The first kappa shape index (κ1) is 17.8. The molecule has 6 N–H and O–H groups in total. The average Bonchev–Trinajstić information content (AvgIpc) is 2.36. The standard InChI is InChI=1S/C12H12N2O3.H2O4S/c13-9(12(16)17)5-7-6-11(15)14-10-4-2-1-3-8(7)10;1-5(2,3)4/h1-4,6,9H,5,13H2,(H,14,15)(H,16,17);(H2,1,2,3,4). The van der Waals surface area contributed by atoms with Crippen LogP contribution in [0, 0.1) is 0 Å². The number of H-pyrrole nitrogens is 1. The monoisotopic (exact) mass is 330 g/mol. The first-order valence-electron chi connectivity index (χ1n) is 5.87. The van der Waals surface area contributed by atoms with Crippen LogP contribution in [-0.4, -0.2) is 39.6 Å². The zero-order valence-electron chi connectivity index (χ0n) is 11.1. The van der Waals surface area contributed by atoms with E-state index >= 15 is 0 Å². The van der Waals surface area contributed by atoms with Crippen molar-refractivity contribution >= 4 is 27.3 Å². The van der Waals surface area contributed by atoms with Gasteiger partial charge in [-0.3, -0.25) is 18.7 Å². The summed E-state index contributed by atoms with van der Waals surface area (Å²) in [4.78, 5) is 24.8. The maximum atomic E-state index is 11.4. The molecule has 0 bridgehead atoms. The number of rotatable bonds is 3. The number of hydrogen-bond donors (Lipinski definition) is 5. The summed E-state index contributed by atoms with van der Waals surface area (Å²) in [5.74, 6) is -1.07. The molecule has 10 heteroatoms. The normalized spacial score (nSPS) is 12.3. The van der Waals surface area contributed by atoms with Crippen molar-refractivity contribution in [1.82, 2.24) is 4.98 Å². The Morgan fingerprint density at radius 1 is 1.27 bits per heavy atom. The summed E-state index contributed by atoms with van der Waals surface area (Å²) in [6.07, 6.45) is 0.139. The second-order valence-corrected chi connectivity index (χ2v) is 5.20. The van der Waals surface area contributed by atoms with Gasteiger partial charge in [0.05, 0.1) is 0 Å². The summed E-state index contributed by atoms with van der Waals surface area (Å²) in [5, 5.41) is 9.60. The summed E-state index contributed by atoms with van der Waals surface area (Å²) >= 11 is 0. The predicted octanol–water partition coefficient (Wildman–Crippen LogP) is -0.170. The Bertz CT molecular complexity index is 821. The number of pyridine rings is 1. The molecule has 0 fully saturated rings. The number of nitrogens with two attached hydrogens (primary N) is 1. The van der Waals surface area contributed by atoms with E-state index in [4.69, 9.17) is 28.4 Å². The molecular weight excluding hydrogens is 316 g/mol. The van der Waals surface area contributed by atoms with E-state index in [1.54, 1.807) is 12.1 Å². The highest BCUT2D eigenvalue weighted by Gasteiger charge is 2.14. The van der Waals surface area contributed by atoms with Crippen LogP contribution in [0.3, 0.4) is 0 Å². The highest BCUT2D eigenvalue weighted by Crippen LogP contribution is 2.15. The fourth-order valence-corrected chi connectivity index (χ4v) is 1.77. The van der Waals surface area contributed by atoms with Gasteiger partial charge in [-0.15, -0.1) is 0 Å². The van der Waals surface area contributed by atoms with Crippen molar-refractivity contribution in [1.29, 1.82) is 0 Å². The second-order valence-electron chi connectivity index (χ2n) is 4.30. The maximum absolute atomic E-state index is 11.4. The van der Waals surface area contributed by atoms with Gasteiger partial charge >= 0.3 is 16.4 Å². The lowest BCUT2D eigenvalue weighted by Crippen LogP contribution is -2.32. The van der Waals surface area contributed by atoms with E-state index in [1.165, 1.54) is 6.07 Å². The maximum Gasteiger partial charge on any atom is 0.394 e. The molecule has 1 heterocycles. The van der Waals surface area contributed by atoms with Crippen molar-refractivity contribution in [2.75, 3.05) is 0 Å². The Balaban J connectivity index is 0.000000422. The third kappa shape index (κ3) is 6.01. The van der Waals surface area contributed by atoms with Crippen molar-refractivity contribution in [3.8, 4) is 0 Å². The Hall–Kier alpha value is -2.27. The first-order chi connectivity index (χ1) is 10.1. The van der Waals surface area contributed by atoms with Crippen LogP contribution in [-0.2, 0) is 21.6 Å². The quantitative estimate of drug-likeness (QED) is 0.483. The summed E-state index contributed by atoms with van der Waals surface area (Å²) in [6, 6.07) is 7.63.